The van der Waals surface area contributed by atoms with Gasteiger partial charge in [0.1, 0.15) is 5.82 Å². The Morgan fingerprint density at radius 2 is 1.92 bits per heavy atom. The number of aromatic nitrogens is 6. The van der Waals surface area contributed by atoms with Gasteiger partial charge in [-0.3, -0.25) is 4.68 Å². The molecule has 128 valence electrons. The van der Waals surface area contributed by atoms with Gasteiger partial charge in [-0.05, 0) is 39.0 Å². The number of anilines is 1. The number of fused-ring (bicyclic) bond motifs is 1. The third-order valence-electron chi connectivity index (χ3n) is 3.46. The molecule has 1 unspecified atom stereocenters. The molecular weight excluding hydrogens is 323 g/mol. The van der Waals surface area contributed by atoms with Crippen LogP contribution in [-0.4, -0.2) is 35.6 Å². The van der Waals surface area contributed by atoms with E-state index in [2.05, 4.69) is 25.7 Å². The molecule has 0 saturated heterocycles. The molecule has 24 heavy (non-hydrogen) atoms. The maximum Gasteiger partial charge on any atom is 0.453 e. The van der Waals surface area contributed by atoms with Gasteiger partial charge in [0.15, 0.2) is 5.65 Å². The van der Waals surface area contributed by atoms with Crippen LogP contribution in [-0.2, 0) is 12.7 Å². The topological polar surface area (TPSA) is 72.9 Å². The van der Waals surface area contributed by atoms with Crippen molar-refractivity contribution in [1.82, 2.24) is 29.6 Å². The highest BCUT2D eigenvalue weighted by Crippen LogP contribution is 2.27. The van der Waals surface area contributed by atoms with Crippen molar-refractivity contribution in [1.29, 1.82) is 0 Å². The van der Waals surface area contributed by atoms with Crippen molar-refractivity contribution in [2.24, 2.45) is 0 Å². The predicted molar refractivity (Wildman–Crippen MR) is 80.6 cm³/mol. The van der Waals surface area contributed by atoms with Gasteiger partial charge in [-0.2, -0.15) is 22.8 Å². The molecule has 0 radical (unpaired) electrons. The number of nitrogens with one attached hydrogen (secondary N) is 1. The minimum Gasteiger partial charge on any atom is -0.364 e. The monoisotopic (exact) mass is 339 g/mol. The highest BCUT2D eigenvalue weighted by atomic mass is 19.4. The molecule has 0 bridgehead atoms. The van der Waals surface area contributed by atoms with Gasteiger partial charge in [0.2, 0.25) is 0 Å². The lowest BCUT2D eigenvalue weighted by atomic mass is 10.3. The fourth-order valence-electron chi connectivity index (χ4n) is 2.46. The molecule has 1 N–H and O–H groups in total. The van der Waals surface area contributed by atoms with Gasteiger partial charge in [-0.25, -0.2) is 0 Å². The second-order valence-electron chi connectivity index (χ2n) is 5.66. The maximum atomic E-state index is 12.9. The Labute approximate surface area is 135 Å². The lowest BCUT2D eigenvalue weighted by molar-refractivity contribution is -0.146. The maximum absolute atomic E-state index is 12.9. The summed E-state index contributed by atoms with van der Waals surface area (Å²) in [5.41, 5.74) is 1.97. The van der Waals surface area contributed by atoms with E-state index in [0.717, 1.165) is 11.4 Å². The minimum absolute atomic E-state index is 0.0408. The molecule has 3 aromatic rings. The zero-order valence-electron chi connectivity index (χ0n) is 13.3. The molecule has 1 atom stereocenters. The Morgan fingerprint density at radius 1 is 1.17 bits per heavy atom. The van der Waals surface area contributed by atoms with Crippen LogP contribution in [0.5, 0.6) is 0 Å². The first-order chi connectivity index (χ1) is 11.2. The normalized spacial score (nSPS) is 13.4. The number of hydrogen-bond donors (Lipinski definition) is 1. The van der Waals surface area contributed by atoms with Crippen molar-refractivity contribution in [2.75, 3.05) is 5.32 Å². The number of aryl methyl sites for hydroxylation is 2. The molecule has 3 rings (SSSR count). The summed E-state index contributed by atoms with van der Waals surface area (Å²) in [6.45, 7) is 6.32. The lowest BCUT2D eigenvalue weighted by Crippen LogP contribution is -2.24. The average Bonchev–Trinajstić information content (AvgIpc) is 3.01. The summed E-state index contributed by atoms with van der Waals surface area (Å²) in [7, 11) is 0. The molecule has 0 saturated carbocycles. The first kappa shape index (κ1) is 16.2. The van der Waals surface area contributed by atoms with Crippen LogP contribution in [0.3, 0.4) is 0 Å². The largest absolute Gasteiger partial charge is 0.453 e. The molecule has 10 heteroatoms. The SMILES string of the molecule is Cc1cc(C)n(CC(C)Nc2ccc3nnc(C(F)(F)F)n3n2)n1. The summed E-state index contributed by atoms with van der Waals surface area (Å²) < 4.78 is 41.2. The molecule has 0 aliphatic carbocycles. The van der Waals surface area contributed by atoms with Crippen molar-refractivity contribution < 1.29 is 13.2 Å². The van der Waals surface area contributed by atoms with Gasteiger partial charge in [0.05, 0.1) is 12.2 Å². The fraction of sp³-hybridized carbons (Fsp3) is 0.429. The third kappa shape index (κ3) is 3.17. The minimum atomic E-state index is -4.61. The van der Waals surface area contributed by atoms with Crippen LogP contribution in [0.25, 0.3) is 5.65 Å². The van der Waals surface area contributed by atoms with Crippen molar-refractivity contribution in [3.63, 3.8) is 0 Å². The summed E-state index contributed by atoms with van der Waals surface area (Å²) >= 11 is 0. The molecule has 0 fully saturated rings. The zero-order chi connectivity index (χ0) is 17.5. The second-order valence-corrected chi connectivity index (χ2v) is 5.66. The van der Waals surface area contributed by atoms with Crippen LogP contribution in [0.1, 0.15) is 24.1 Å². The van der Waals surface area contributed by atoms with Gasteiger partial charge >= 0.3 is 6.18 Å². The Kier molecular flexibility index (Phi) is 3.90. The van der Waals surface area contributed by atoms with E-state index in [-0.39, 0.29) is 11.7 Å². The number of alkyl halides is 3. The Bertz CT molecular complexity index is 865. The number of halogens is 3. The highest BCUT2D eigenvalue weighted by molar-refractivity contribution is 5.44. The number of nitrogens with zero attached hydrogens (tertiary/aromatic N) is 6. The van der Waals surface area contributed by atoms with Crippen molar-refractivity contribution in [2.45, 2.75) is 39.5 Å². The first-order valence-corrected chi connectivity index (χ1v) is 7.31. The van der Waals surface area contributed by atoms with E-state index in [1.807, 2.05) is 31.5 Å². The van der Waals surface area contributed by atoms with E-state index < -0.39 is 12.0 Å². The van der Waals surface area contributed by atoms with Gasteiger partial charge in [0.25, 0.3) is 5.82 Å². The van der Waals surface area contributed by atoms with Gasteiger partial charge in [-0.15, -0.1) is 15.3 Å². The van der Waals surface area contributed by atoms with E-state index in [4.69, 9.17) is 0 Å². The van der Waals surface area contributed by atoms with Crippen molar-refractivity contribution in [3.8, 4) is 0 Å². The van der Waals surface area contributed by atoms with Gasteiger partial charge in [0, 0.05) is 11.7 Å². The molecule has 0 aliphatic rings. The van der Waals surface area contributed by atoms with E-state index in [0.29, 0.717) is 16.9 Å². The van der Waals surface area contributed by atoms with E-state index in [1.54, 1.807) is 6.07 Å². The average molecular weight is 339 g/mol. The third-order valence-corrected chi connectivity index (χ3v) is 3.46. The quantitative estimate of drug-likeness (QED) is 0.790. The standard InChI is InChI=1S/C14H16F3N7/c1-8-6-10(3)23(21-8)7-9(2)18-11-4-5-12-19-20-13(14(15,16)17)24(12)22-11/h4-6,9H,7H2,1-3H3,(H,18,22). The number of hydrogen-bond acceptors (Lipinski definition) is 5. The van der Waals surface area contributed by atoms with Crippen LogP contribution in [0.2, 0.25) is 0 Å². The molecule has 0 aromatic carbocycles. The second kappa shape index (κ2) is 5.77. The summed E-state index contributed by atoms with van der Waals surface area (Å²) in [6.07, 6.45) is -4.61. The number of rotatable bonds is 4. The lowest BCUT2D eigenvalue weighted by Gasteiger charge is -2.15. The summed E-state index contributed by atoms with van der Waals surface area (Å²) in [4.78, 5) is 0. The Balaban J connectivity index is 1.80. The fourth-order valence-corrected chi connectivity index (χ4v) is 2.46. The van der Waals surface area contributed by atoms with Crippen molar-refractivity contribution >= 4 is 11.5 Å². The van der Waals surface area contributed by atoms with Crippen LogP contribution in [0.15, 0.2) is 18.2 Å². The molecule has 7 nitrogen and oxygen atoms in total. The van der Waals surface area contributed by atoms with Crippen molar-refractivity contribution in [3.05, 3.63) is 35.4 Å². The molecular formula is C14H16F3N7. The summed E-state index contributed by atoms with van der Waals surface area (Å²) in [6, 6.07) is 4.89. The molecule has 0 amide bonds. The highest BCUT2D eigenvalue weighted by Gasteiger charge is 2.37. The van der Waals surface area contributed by atoms with Gasteiger partial charge < -0.3 is 5.32 Å². The smallest absolute Gasteiger partial charge is 0.364 e. The van der Waals surface area contributed by atoms with Crippen LogP contribution < -0.4 is 5.32 Å². The van der Waals surface area contributed by atoms with Gasteiger partial charge in [-0.1, -0.05) is 0 Å². The van der Waals surface area contributed by atoms with E-state index >= 15 is 0 Å². The Hall–Kier alpha value is -2.65. The summed E-state index contributed by atoms with van der Waals surface area (Å²) in [5, 5.41) is 18.0. The zero-order valence-corrected chi connectivity index (χ0v) is 13.3. The Morgan fingerprint density at radius 3 is 2.54 bits per heavy atom. The summed E-state index contributed by atoms with van der Waals surface area (Å²) in [5.74, 6) is -0.839. The van der Waals surface area contributed by atoms with Crippen LogP contribution >= 0.6 is 0 Å². The van der Waals surface area contributed by atoms with E-state index in [9.17, 15) is 13.2 Å². The molecule has 3 aromatic heterocycles. The predicted octanol–water partition coefficient (Wildman–Crippen LogP) is 2.46. The van der Waals surface area contributed by atoms with E-state index in [1.165, 1.54) is 6.07 Å². The van der Waals surface area contributed by atoms with Crippen LogP contribution in [0.4, 0.5) is 19.0 Å². The first-order valence-electron chi connectivity index (χ1n) is 7.31. The van der Waals surface area contributed by atoms with Crippen LogP contribution in [0, 0.1) is 13.8 Å². The molecule has 0 aliphatic heterocycles. The molecule has 3 heterocycles. The molecule has 0 spiro atoms.